The van der Waals surface area contributed by atoms with Crippen molar-refractivity contribution in [3.05, 3.63) is 68.7 Å². The topological polar surface area (TPSA) is 136 Å². The number of rotatable bonds is 8. The summed E-state index contributed by atoms with van der Waals surface area (Å²) in [4.78, 5) is 47.6. The SMILES string of the molecule is O=C(CCCn1c(=O)oc2cc([N+](=O)[O-])ccc21)Nc1ccccc1C(=O)NC1CCCC1. The molecule has 0 spiro atoms. The van der Waals surface area contributed by atoms with Gasteiger partial charge >= 0.3 is 5.76 Å². The Hall–Kier alpha value is -3.95. The van der Waals surface area contributed by atoms with Gasteiger partial charge in [-0.25, -0.2) is 4.79 Å². The number of para-hydroxylation sites is 1. The number of nitro groups is 1. The van der Waals surface area contributed by atoms with Crippen molar-refractivity contribution in [2.24, 2.45) is 0 Å². The number of non-ortho nitro benzene ring substituents is 1. The lowest BCUT2D eigenvalue weighted by Crippen LogP contribution is -2.33. The Balaban J connectivity index is 1.37. The summed E-state index contributed by atoms with van der Waals surface area (Å²) in [5, 5.41) is 16.7. The summed E-state index contributed by atoms with van der Waals surface area (Å²) in [6, 6.07) is 11.0. The number of anilines is 1. The highest BCUT2D eigenvalue weighted by Crippen LogP contribution is 2.22. The van der Waals surface area contributed by atoms with Crippen LogP contribution in [0, 0.1) is 10.1 Å². The fourth-order valence-corrected chi connectivity index (χ4v) is 4.11. The number of hydrogen-bond donors (Lipinski definition) is 2. The molecule has 4 rings (SSSR count). The van der Waals surface area contributed by atoms with E-state index >= 15 is 0 Å². The molecule has 33 heavy (non-hydrogen) atoms. The first kappa shape index (κ1) is 22.3. The van der Waals surface area contributed by atoms with Crippen LogP contribution in [-0.4, -0.2) is 27.3 Å². The minimum absolute atomic E-state index is 0.116. The lowest BCUT2D eigenvalue weighted by atomic mass is 10.1. The molecule has 1 heterocycles. The van der Waals surface area contributed by atoms with Gasteiger partial charge in [-0.2, -0.15) is 0 Å². The van der Waals surface area contributed by atoms with Crippen molar-refractivity contribution in [1.29, 1.82) is 0 Å². The number of carbonyl (C=O) groups excluding carboxylic acids is 2. The predicted octanol–water partition coefficient (Wildman–Crippen LogP) is 3.59. The van der Waals surface area contributed by atoms with Gasteiger partial charge in [0.05, 0.1) is 27.8 Å². The van der Waals surface area contributed by atoms with E-state index in [1.165, 1.54) is 22.8 Å². The van der Waals surface area contributed by atoms with E-state index in [1.807, 2.05) is 0 Å². The molecule has 2 aromatic carbocycles. The quantitative estimate of drug-likeness (QED) is 0.396. The van der Waals surface area contributed by atoms with Gasteiger partial charge < -0.3 is 15.1 Å². The molecule has 0 atom stereocenters. The van der Waals surface area contributed by atoms with E-state index in [1.54, 1.807) is 24.3 Å². The number of carbonyl (C=O) groups is 2. The van der Waals surface area contributed by atoms with Gasteiger partial charge in [0.25, 0.3) is 11.6 Å². The Bertz CT molecular complexity index is 1260. The maximum absolute atomic E-state index is 12.6. The maximum atomic E-state index is 12.6. The van der Waals surface area contributed by atoms with Crippen LogP contribution in [-0.2, 0) is 11.3 Å². The number of aromatic nitrogens is 1. The van der Waals surface area contributed by atoms with Crippen LogP contribution in [0.3, 0.4) is 0 Å². The molecule has 0 unspecified atom stereocenters. The number of nitro benzene ring substituents is 1. The van der Waals surface area contributed by atoms with Crippen molar-refractivity contribution in [3.63, 3.8) is 0 Å². The number of aryl methyl sites for hydroxylation is 1. The number of nitrogens with one attached hydrogen (secondary N) is 2. The molecule has 172 valence electrons. The van der Waals surface area contributed by atoms with Crippen molar-refractivity contribution < 1.29 is 18.9 Å². The van der Waals surface area contributed by atoms with Crippen molar-refractivity contribution in [2.45, 2.75) is 51.1 Å². The average Bonchev–Trinajstić information content (AvgIpc) is 3.41. The fourth-order valence-electron chi connectivity index (χ4n) is 4.11. The molecule has 2 N–H and O–H groups in total. The predicted molar refractivity (Wildman–Crippen MR) is 121 cm³/mol. The van der Waals surface area contributed by atoms with Gasteiger partial charge in [0.1, 0.15) is 0 Å². The van der Waals surface area contributed by atoms with Crippen LogP contribution in [0.15, 0.2) is 51.7 Å². The van der Waals surface area contributed by atoms with Crippen molar-refractivity contribution in [3.8, 4) is 0 Å². The van der Waals surface area contributed by atoms with Crippen molar-refractivity contribution >= 4 is 34.3 Å². The first-order valence-corrected chi connectivity index (χ1v) is 10.9. The molecule has 10 heteroatoms. The number of fused-ring (bicyclic) bond motifs is 1. The molecule has 1 aromatic heterocycles. The molecular formula is C23H24N4O6. The van der Waals surface area contributed by atoms with Crippen LogP contribution in [0.1, 0.15) is 48.9 Å². The van der Waals surface area contributed by atoms with E-state index < -0.39 is 10.7 Å². The number of amides is 2. The van der Waals surface area contributed by atoms with Gasteiger partial charge in [-0.1, -0.05) is 25.0 Å². The van der Waals surface area contributed by atoms with E-state index in [2.05, 4.69) is 10.6 Å². The molecule has 1 saturated carbocycles. The zero-order chi connectivity index (χ0) is 23.4. The van der Waals surface area contributed by atoms with Crippen LogP contribution in [0.4, 0.5) is 11.4 Å². The highest BCUT2D eigenvalue weighted by molar-refractivity contribution is 6.03. The largest absolute Gasteiger partial charge is 0.419 e. The van der Waals surface area contributed by atoms with Gasteiger partial charge in [0.15, 0.2) is 5.58 Å². The van der Waals surface area contributed by atoms with Gasteiger partial charge in [-0.3, -0.25) is 24.3 Å². The summed E-state index contributed by atoms with van der Waals surface area (Å²) >= 11 is 0. The van der Waals surface area contributed by atoms with E-state index in [-0.39, 0.29) is 42.1 Å². The minimum atomic E-state index is -0.639. The first-order valence-electron chi connectivity index (χ1n) is 10.9. The molecule has 10 nitrogen and oxygen atoms in total. The zero-order valence-electron chi connectivity index (χ0n) is 17.9. The number of nitrogens with zero attached hydrogens (tertiary/aromatic N) is 2. The lowest BCUT2D eigenvalue weighted by molar-refractivity contribution is -0.384. The van der Waals surface area contributed by atoms with E-state index in [4.69, 9.17) is 4.42 Å². The van der Waals surface area contributed by atoms with Crippen LogP contribution < -0.4 is 16.4 Å². The fraction of sp³-hybridized carbons (Fsp3) is 0.348. The molecule has 2 amide bonds. The van der Waals surface area contributed by atoms with Gasteiger partial charge in [0.2, 0.25) is 5.91 Å². The molecule has 1 fully saturated rings. The molecule has 3 aromatic rings. The summed E-state index contributed by atoms with van der Waals surface area (Å²) in [5.41, 5.74) is 1.24. The lowest BCUT2D eigenvalue weighted by Gasteiger charge is -2.15. The standard InChI is InChI=1S/C23H24N4O6/c28-21(25-18-9-4-3-8-17(18)22(29)24-15-6-1-2-7-15)10-5-13-26-19-12-11-16(27(31)32)14-20(19)33-23(26)30/h3-4,8-9,11-12,14-15H,1-2,5-7,10,13H2,(H,24,29)(H,25,28). The van der Waals surface area contributed by atoms with Crippen LogP contribution >= 0.6 is 0 Å². The Kier molecular flexibility index (Phi) is 6.53. The summed E-state index contributed by atoms with van der Waals surface area (Å²) in [5.74, 6) is -1.13. The monoisotopic (exact) mass is 452 g/mol. The van der Waals surface area contributed by atoms with Gasteiger partial charge in [-0.15, -0.1) is 0 Å². The van der Waals surface area contributed by atoms with Gasteiger partial charge in [0, 0.05) is 25.1 Å². The molecule has 0 saturated heterocycles. The Morgan fingerprint density at radius 3 is 2.67 bits per heavy atom. The highest BCUT2D eigenvalue weighted by Gasteiger charge is 2.20. The minimum Gasteiger partial charge on any atom is -0.407 e. The molecular weight excluding hydrogens is 428 g/mol. The number of benzene rings is 2. The highest BCUT2D eigenvalue weighted by atomic mass is 16.6. The van der Waals surface area contributed by atoms with E-state index in [9.17, 15) is 24.5 Å². The summed E-state index contributed by atoms with van der Waals surface area (Å²) in [6.07, 6.45) is 4.61. The normalized spacial score (nSPS) is 13.8. The number of hydrogen-bond acceptors (Lipinski definition) is 6. The second-order valence-corrected chi connectivity index (χ2v) is 8.08. The summed E-state index contributed by atoms with van der Waals surface area (Å²) < 4.78 is 6.44. The molecule has 1 aliphatic carbocycles. The smallest absolute Gasteiger partial charge is 0.407 e. The zero-order valence-corrected chi connectivity index (χ0v) is 17.9. The van der Waals surface area contributed by atoms with Crippen molar-refractivity contribution in [1.82, 2.24) is 9.88 Å². The first-order chi connectivity index (χ1) is 15.9. The van der Waals surface area contributed by atoms with Gasteiger partial charge in [-0.05, 0) is 37.5 Å². The third-order valence-electron chi connectivity index (χ3n) is 5.78. The van der Waals surface area contributed by atoms with E-state index in [0.29, 0.717) is 23.2 Å². The Morgan fingerprint density at radius 2 is 1.91 bits per heavy atom. The molecule has 0 bridgehead atoms. The molecule has 0 radical (unpaired) electrons. The number of oxazole rings is 1. The third-order valence-corrected chi connectivity index (χ3v) is 5.78. The second-order valence-electron chi connectivity index (χ2n) is 8.08. The third kappa shape index (κ3) is 5.11. The summed E-state index contributed by atoms with van der Waals surface area (Å²) in [7, 11) is 0. The molecule has 1 aliphatic rings. The van der Waals surface area contributed by atoms with Crippen molar-refractivity contribution in [2.75, 3.05) is 5.32 Å². The second kappa shape index (κ2) is 9.68. The van der Waals surface area contributed by atoms with Crippen LogP contribution in [0.25, 0.3) is 11.1 Å². The average molecular weight is 452 g/mol. The molecule has 0 aliphatic heterocycles. The van der Waals surface area contributed by atoms with E-state index in [0.717, 1.165) is 25.7 Å². The van der Waals surface area contributed by atoms with Crippen LogP contribution in [0.2, 0.25) is 0 Å². The summed E-state index contributed by atoms with van der Waals surface area (Å²) in [6.45, 7) is 0.209. The maximum Gasteiger partial charge on any atom is 0.419 e. The Morgan fingerprint density at radius 1 is 1.15 bits per heavy atom. The van der Waals surface area contributed by atoms with Crippen LogP contribution in [0.5, 0.6) is 0 Å². The Labute approximate surface area is 188 Å².